The zero-order chi connectivity index (χ0) is 25.8. The summed E-state index contributed by atoms with van der Waals surface area (Å²) >= 11 is 0. The molecular weight excluding hydrogens is 485 g/mol. The van der Waals surface area contributed by atoms with E-state index in [0.29, 0.717) is 10.8 Å². The first-order valence-corrected chi connectivity index (χ1v) is 12.8. The fraction of sp³-hybridized carbons (Fsp3) is 0.458. The molecule has 2 aromatic carbocycles. The van der Waals surface area contributed by atoms with Crippen LogP contribution in [0.1, 0.15) is 31.2 Å². The molecule has 0 amide bonds. The van der Waals surface area contributed by atoms with Crippen LogP contribution in [0.25, 0.3) is 16.3 Å². The van der Waals surface area contributed by atoms with Crippen molar-refractivity contribution in [1.82, 2.24) is 0 Å². The molecule has 35 heavy (non-hydrogen) atoms. The molecule has 1 aliphatic heterocycles. The number of aliphatic hydroxyl groups excluding tert-OH is 3. The highest BCUT2D eigenvalue weighted by Gasteiger charge is 2.41. The molecule has 0 saturated carbocycles. The number of fused-ring (bicyclic) bond motifs is 1. The smallest absolute Gasteiger partial charge is 0.394 e. The molecule has 11 heteroatoms. The molecule has 0 aliphatic carbocycles. The number of anilines is 1. The molecule has 190 valence electrons. The summed E-state index contributed by atoms with van der Waals surface area (Å²) in [4.78, 5) is 0.750. The molecule has 1 fully saturated rings. The van der Waals surface area contributed by atoms with Crippen LogP contribution in [0, 0.1) is 11.3 Å². The van der Waals surface area contributed by atoms with Crippen molar-refractivity contribution in [2.75, 3.05) is 30.3 Å². The van der Waals surface area contributed by atoms with E-state index in [-0.39, 0.29) is 0 Å². The van der Waals surface area contributed by atoms with Gasteiger partial charge in [-0.05, 0) is 60.2 Å². The van der Waals surface area contributed by atoms with E-state index in [1.54, 1.807) is 6.07 Å². The van der Waals surface area contributed by atoms with Crippen molar-refractivity contribution < 1.29 is 36.9 Å². The predicted molar refractivity (Wildman–Crippen MR) is 126 cm³/mol. The number of piperidine rings is 1. The van der Waals surface area contributed by atoms with Crippen molar-refractivity contribution in [1.29, 1.82) is 5.26 Å². The third-order valence-electron chi connectivity index (χ3n) is 6.07. The third kappa shape index (κ3) is 6.32. The first-order valence-electron chi connectivity index (χ1n) is 11.2. The van der Waals surface area contributed by atoms with Crippen LogP contribution in [0.4, 0.5) is 18.9 Å². The second-order valence-electron chi connectivity index (χ2n) is 8.53. The first-order chi connectivity index (χ1) is 16.5. The van der Waals surface area contributed by atoms with E-state index >= 15 is 0 Å². The SMILES string of the molecule is N#C/C(=C(\c1ccc2cc(N3CCCCC3)ccc2c1)C(F)(F)F)S(=O)(=O)CCC(O)C(O)CO. The quantitative estimate of drug-likeness (QED) is 0.465. The molecule has 7 nitrogen and oxygen atoms in total. The number of sulfone groups is 1. The van der Waals surface area contributed by atoms with E-state index in [1.165, 1.54) is 18.2 Å². The zero-order valence-corrected chi connectivity index (χ0v) is 19.7. The number of rotatable bonds is 8. The van der Waals surface area contributed by atoms with Gasteiger partial charge in [0.1, 0.15) is 12.2 Å². The predicted octanol–water partition coefficient (Wildman–Crippen LogP) is 3.15. The maximum atomic E-state index is 14.1. The molecule has 1 aliphatic rings. The molecule has 3 rings (SSSR count). The van der Waals surface area contributed by atoms with E-state index in [9.17, 15) is 37.1 Å². The molecule has 1 heterocycles. The number of nitrogens with zero attached hydrogens (tertiary/aromatic N) is 2. The topological polar surface area (TPSA) is 122 Å². The molecule has 0 bridgehead atoms. The van der Waals surface area contributed by atoms with Crippen LogP contribution in [0.3, 0.4) is 0 Å². The van der Waals surface area contributed by atoms with Gasteiger partial charge in [0.25, 0.3) is 0 Å². The summed E-state index contributed by atoms with van der Waals surface area (Å²) in [5.41, 5.74) is -1.09. The van der Waals surface area contributed by atoms with Gasteiger partial charge in [-0.15, -0.1) is 0 Å². The fourth-order valence-corrected chi connectivity index (χ4v) is 5.57. The Labute approximate surface area is 201 Å². The van der Waals surface area contributed by atoms with Crippen molar-refractivity contribution >= 4 is 31.9 Å². The van der Waals surface area contributed by atoms with Crippen molar-refractivity contribution in [3.8, 4) is 6.07 Å². The number of allylic oxidation sites excluding steroid dienone is 2. The van der Waals surface area contributed by atoms with Gasteiger partial charge in [0.15, 0.2) is 14.7 Å². The van der Waals surface area contributed by atoms with Crippen LogP contribution in [0.5, 0.6) is 0 Å². The molecular formula is C24H27F3N2O5S. The van der Waals surface area contributed by atoms with Gasteiger partial charge in [-0.3, -0.25) is 0 Å². The second-order valence-corrected chi connectivity index (χ2v) is 10.6. The molecule has 2 atom stereocenters. The molecule has 3 N–H and O–H groups in total. The Kier molecular flexibility index (Phi) is 8.43. The molecule has 2 unspecified atom stereocenters. The van der Waals surface area contributed by atoms with Gasteiger partial charge in [0, 0.05) is 18.8 Å². The molecule has 0 aromatic heterocycles. The second kappa shape index (κ2) is 11.0. The van der Waals surface area contributed by atoms with Gasteiger partial charge in [-0.1, -0.05) is 18.2 Å². The van der Waals surface area contributed by atoms with Gasteiger partial charge >= 0.3 is 6.18 Å². The van der Waals surface area contributed by atoms with E-state index < -0.39 is 63.0 Å². The summed E-state index contributed by atoms with van der Waals surface area (Å²) in [6.07, 6.45) is -5.85. The number of hydrogen-bond donors (Lipinski definition) is 3. The lowest BCUT2D eigenvalue weighted by molar-refractivity contribution is -0.0690. The summed E-state index contributed by atoms with van der Waals surface area (Å²) in [6, 6.07) is 10.3. The maximum Gasteiger partial charge on any atom is 0.418 e. The highest BCUT2D eigenvalue weighted by molar-refractivity contribution is 7.95. The number of halogens is 3. The summed E-state index contributed by atoms with van der Waals surface area (Å²) in [7, 11) is -4.78. The van der Waals surface area contributed by atoms with Crippen LogP contribution >= 0.6 is 0 Å². The molecule has 0 spiro atoms. The van der Waals surface area contributed by atoms with Crippen LogP contribution < -0.4 is 4.90 Å². The fourth-order valence-electron chi connectivity index (χ4n) is 4.13. The van der Waals surface area contributed by atoms with Crippen molar-refractivity contribution in [3.05, 3.63) is 46.9 Å². The highest BCUT2D eigenvalue weighted by atomic mass is 32.2. The van der Waals surface area contributed by atoms with E-state index in [0.717, 1.165) is 44.1 Å². The molecule has 2 aromatic rings. The van der Waals surface area contributed by atoms with Crippen LogP contribution in [0.15, 0.2) is 41.3 Å². The summed E-state index contributed by atoms with van der Waals surface area (Å²) in [5, 5.41) is 38.5. The Balaban J connectivity index is 2.02. The maximum absolute atomic E-state index is 14.1. The summed E-state index contributed by atoms with van der Waals surface area (Å²) in [5.74, 6) is -1.01. The average Bonchev–Trinajstić information content (AvgIpc) is 2.84. The van der Waals surface area contributed by atoms with Crippen LogP contribution in [-0.4, -0.2) is 67.6 Å². The van der Waals surface area contributed by atoms with Crippen LogP contribution in [0.2, 0.25) is 0 Å². The van der Waals surface area contributed by atoms with Gasteiger partial charge in [-0.2, -0.15) is 18.4 Å². The minimum Gasteiger partial charge on any atom is -0.394 e. The van der Waals surface area contributed by atoms with Gasteiger partial charge in [0.2, 0.25) is 0 Å². The van der Waals surface area contributed by atoms with Gasteiger partial charge in [-0.25, -0.2) is 8.42 Å². The molecule has 0 radical (unpaired) electrons. The van der Waals surface area contributed by atoms with Gasteiger partial charge in [0.05, 0.1) is 24.0 Å². The number of benzene rings is 2. The first kappa shape index (κ1) is 26.9. The minimum absolute atomic E-state index is 0.459. The van der Waals surface area contributed by atoms with E-state index in [1.807, 2.05) is 12.1 Å². The van der Waals surface area contributed by atoms with Crippen molar-refractivity contribution in [2.24, 2.45) is 0 Å². The average molecular weight is 513 g/mol. The normalized spacial score (nSPS) is 17.6. The number of nitriles is 1. The van der Waals surface area contributed by atoms with Gasteiger partial charge < -0.3 is 20.2 Å². The summed E-state index contributed by atoms with van der Waals surface area (Å²) < 4.78 is 67.5. The molecule has 1 saturated heterocycles. The number of aliphatic hydroxyl groups is 3. The number of alkyl halides is 3. The van der Waals surface area contributed by atoms with E-state index in [2.05, 4.69) is 4.90 Å². The third-order valence-corrected chi connectivity index (χ3v) is 7.76. The Morgan fingerprint density at radius 3 is 2.26 bits per heavy atom. The van der Waals surface area contributed by atoms with E-state index in [4.69, 9.17) is 5.11 Å². The zero-order valence-electron chi connectivity index (χ0n) is 18.9. The summed E-state index contributed by atoms with van der Waals surface area (Å²) in [6.45, 7) is 0.947. The number of hydrogen-bond acceptors (Lipinski definition) is 7. The standard InChI is InChI=1S/C24H27F3N2O5S/c25-24(26,27)23(22(14-28)35(33,34)11-8-20(31)21(32)15-30)18-5-4-17-13-19(7-6-16(17)12-18)29-9-2-1-3-10-29/h4-7,12-13,20-21,30-32H,1-3,8-11,15H2/b23-22-. The lowest BCUT2D eigenvalue weighted by Crippen LogP contribution is -2.31. The monoisotopic (exact) mass is 512 g/mol. The van der Waals surface area contributed by atoms with Crippen LogP contribution in [-0.2, 0) is 9.84 Å². The Hall–Kier alpha value is -2.65. The Morgan fingerprint density at radius 1 is 1.03 bits per heavy atom. The lowest BCUT2D eigenvalue weighted by Gasteiger charge is -2.29. The largest absolute Gasteiger partial charge is 0.418 e. The minimum atomic E-state index is -5.15. The Morgan fingerprint density at radius 2 is 1.66 bits per heavy atom. The highest BCUT2D eigenvalue weighted by Crippen LogP contribution is 2.39. The van der Waals surface area contributed by atoms with Crippen molar-refractivity contribution in [2.45, 2.75) is 44.1 Å². The lowest BCUT2D eigenvalue weighted by atomic mass is 9.99. The van der Waals surface area contributed by atoms with Crippen molar-refractivity contribution in [3.63, 3.8) is 0 Å². The Bertz CT molecular complexity index is 1230.